The first kappa shape index (κ1) is 12.8. The minimum absolute atomic E-state index is 0.204. The van der Waals surface area contributed by atoms with Crippen molar-refractivity contribution in [3.8, 4) is 0 Å². The second-order valence-electron chi connectivity index (χ2n) is 4.46. The summed E-state index contributed by atoms with van der Waals surface area (Å²) in [5.41, 5.74) is 9.27. The van der Waals surface area contributed by atoms with Crippen molar-refractivity contribution in [2.45, 2.75) is 17.9 Å². The van der Waals surface area contributed by atoms with Crippen LogP contribution in [-0.4, -0.2) is 14.2 Å². The molecule has 1 aromatic carbocycles. The Hall–Kier alpha value is -2.21. The fourth-order valence-corrected chi connectivity index (χ4v) is 2.93. The highest BCUT2D eigenvalue weighted by atomic mass is 32.2. The normalized spacial score (nSPS) is 12.7. The molecule has 5 nitrogen and oxygen atoms in total. The molecule has 2 heterocycles. The number of fused-ring (bicyclic) bond motifs is 1. The highest BCUT2D eigenvalue weighted by Gasteiger charge is 2.15. The lowest BCUT2D eigenvalue weighted by Gasteiger charge is -2.01. The molecule has 6 heteroatoms. The summed E-state index contributed by atoms with van der Waals surface area (Å²) in [4.78, 5) is 8.45. The van der Waals surface area contributed by atoms with Crippen molar-refractivity contribution >= 4 is 27.6 Å². The van der Waals surface area contributed by atoms with Gasteiger partial charge < -0.3 is 10.2 Å². The van der Waals surface area contributed by atoms with Gasteiger partial charge in [-0.1, -0.05) is 6.07 Å². The summed E-state index contributed by atoms with van der Waals surface area (Å²) < 4.78 is 17.8. The van der Waals surface area contributed by atoms with Gasteiger partial charge in [0.2, 0.25) is 0 Å². The third-order valence-corrected chi connectivity index (χ3v) is 4.07. The number of anilines is 1. The monoisotopic (exact) mass is 287 g/mol. The van der Waals surface area contributed by atoms with Crippen molar-refractivity contribution in [1.29, 1.82) is 0 Å². The quantitative estimate of drug-likeness (QED) is 0.748. The Morgan fingerprint density at radius 2 is 2.20 bits per heavy atom. The van der Waals surface area contributed by atoms with Crippen molar-refractivity contribution in [1.82, 2.24) is 9.97 Å². The number of nitrogen functional groups attached to an aromatic ring is 1. The molecule has 0 amide bonds. The third kappa shape index (κ3) is 2.42. The molecule has 0 saturated carbocycles. The summed E-state index contributed by atoms with van der Waals surface area (Å²) >= 11 is 0. The topological polar surface area (TPSA) is 82.0 Å². The van der Waals surface area contributed by atoms with Crippen LogP contribution < -0.4 is 5.73 Å². The van der Waals surface area contributed by atoms with Crippen LogP contribution in [0.3, 0.4) is 0 Å². The molecule has 1 unspecified atom stereocenters. The summed E-state index contributed by atoms with van der Waals surface area (Å²) in [7, 11) is -1.37. The predicted molar refractivity (Wildman–Crippen MR) is 77.5 cm³/mol. The maximum atomic E-state index is 12.3. The summed E-state index contributed by atoms with van der Waals surface area (Å²) in [6, 6.07) is 8.94. The van der Waals surface area contributed by atoms with Gasteiger partial charge >= 0.3 is 0 Å². The minimum Gasteiger partial charge on any atom is -0.430 e. The Morgan fingerprint density at radius 1 is 1.35 bits per heavy atom. The van der Waals surface area contributed by atoms with Crippen LogP contribution in [0.25, 0.3) is 11.1 Å². The SMILES string of the molecule is Cc1cccnc1CS(=O)c1nc2cc(N)ccc2o1. The van der Waals surface area contributed by atoms with Crippen molar-refractivity contribution < 1.29 is 8.63 Å². The molecule has 0 aliphatic carbocycles. The Kier molecular flexibility index (Phi) is 3.23. The predicted octanol–water partition coefficient (Wildman–Crippen LogP) is 2.42. The molecule has 0 aliphatic heterocycles. The van der Waals surface area contributed by atoms with Crippen molar-refractivity contribution in [3.63, 3.8) is 0 Å². The molecule has 0 saturated heterocycles. The van der Waals surface area contributed by atoms with Crippen LogP contribution in [0.4, 0.5) is 5.69 Å². The number of nitrogens with zero attached hydrogens (tertiary/aromatic N) is 2. The lowest BCUT2D eigenvalue weighted by Crippen LogP contribution is -2.01. The van der Waals surface area contributed by atoms with Crippen LogP contribution in [0.2, 0.25) is 0 Å². The van der Waals surface area contributed by atoms with Crippen molar-refractivity contribution in [2.24, 2.45) is 0 Å². The van der Waals surface area contributed by atoms with Crippen LogP contribution >= 0.6 is 0 Å². The van der Waals surface area contributed by atoms with E-state index in [-0.39, 0.29) is 11.0 Å². The molecule has 2 N–H and O–H groups in total. The number of aromatic nitrogens is 2. The highest BCUT2D eigenvalue weighted by molar-refractivity contribution is 7.84. The molecule has 0 spiro atoms. The van der Waals surface area contributed by atoms with E-state index >= 15 is 0 Å². The van der Waals surface area contributed by atoms with Gasteiger partial charge in [0.1, 0.15) is 16.3 Å². The van der Waals surface area contributed by atoms with Gasteiger partial charge in [0.25, 0.3) is 5.22 Å². The summed E-state index contributed by atoms with van der Waals surface area (Å²) in [6.45, 7) is 1.94. The van der Waals surface area contributed by atoms with Gasteiger partial charge in [-0.25, -0.2) is 9.19 Å². The van der Waals surface area contributed by atoms with E-state index in [1.54, 1.807) is 24.4 Å². The fraction of sp³-hybridized carbons (Fsp3) is 0.143. The van der Waals surface area contributed by atoms with Crippen molar-refractivity contribution in [3.05, 3.63) is 47.8 Å². The first-order chi connectivity index (χ1) is 9.63. The Labute approximate surface area is 118 Å². The minimum atomic E-state index is -1.37. The molecule has 2 aromatic heterocycles. The fourth-order valence-electron chi connectivity index (χ4n) is 1.88. The summed E-state index contributed by atoms with van der Waals surface area (Å²) in [6.07, 6.45) is 1.69. The van der Waals surface area contributed by atoms with E-state index < -0.39 is 10.8 Å². The maximum Gasteiger partial charge on any atom is 0.288 e. The summed E-state index contributed by atoms with van der Waals surface area (Å²) in [5, 5.41) is 0.204. The van der Waals surface area contributed by atoms with Crippen molar-refractivity contribution in [2.75, 3.05) is 5.73 Å². The van der Waals surface area contributed by atoms with Crippen LogP contribution in [0.15, 0.2) is 46.2 Å². The lowest BCUT2D eigenvalue weighted by atomic mass is 10.2. The second-order valence-corrected chi connectivity index (χ2v) is 5.79. The standard InChI is InChI=1S/C14H13N3O2S/c1-9-3-2-6-16-12(9)8-20(18)14-17-11-7-10(15)4-5-13(11)19-14/h2-7H,8,15H2,1H3. The lowest BCUT2D eigenvalue weighted by molar-refractivity contribution is 0.477. The van der Waals surface area contributed by atoms with Gasteiger partial charge in [-0.2, -0.15) is 0 Å². The van der Waals surface area contributed by atoms with Gasteiger partial charge in [-0.15, -0.1) is 0 Å². The van der Waals surface area contributed by atoms with Crippen LogP contribution in [0, 0.1) is 6.92 Å². The van der Waals surface area contributed by atoms with Crippen LogP contribution in [0.1, 0.15) is 11.3 Å². The number of hydrogen-bond donors (Lipinski definition) is 1. The van der Waals surface area contributed by atoms with E-state index in [0.717, 1.165) is 11.3 Å². The number of benzene rings is 1. The number of hydrogen-bond acceptors (Lipinski definition) is 5. The molecule has 1 atom stereocenters. The zero-order chi connectivity index (χ0) is 14.1. The zero-order valence-corrected chi connectivity index (χ0v) is 11.7. The Morgan fingerprint density at radius 3 is 3.00 bits per heavy atom. The molecule has 0 radical (unpaired) electrons. The van der Waals surface area contributed by atoms with E-state index in [2.05, 4.69) is 9.97 Å². The van der Waals surface area contributed by atoms with Gasteiger partial charge in [0.05, 0.1) is 11.4 Å². The van der Waals surface area contributed by atoms with Crippen LogP contribution in [0.5, 0.6) is 0 Å². The van der Waals surface area contributed by atoms with E-state index in [0.29, 0.717) is 16.8 Å². The number of aryl methyl sites for hydroxylation is 1. The average Bonchev–Trinajstić information content (AvgIpc) is 2.84. The second kappa shape index (κ2) is 5.05. The average molecular weight is 287 g/mol. The molecule has 3 rings (SSSR count). The molecule has 20 heavy (non-hydrogen) atoms. The number of pyridine rings is 1. The smallest absolute Gasteiger partial charge is 0.288 e. The summed E-state index contributed by atoms with van der Waals surface area (Å²) in [5.74, 6) is 0.287. The molecule has 3 aromatic rings. The van der Waals surface area contributed by atoms with E-state index in [1.807, 2.05) is 19.1 Å². The largest absolute Gasteiger partial charge is 0.430 e. The number of oxazole rings is 1. The van der Waals surface area contributed by atoms with Gasteiger partial charge in [0.15, 0.2) is 5.58 Å². The van der Waals surface area contributed by atoms with Gasteiger partial charge in [-0.3, -0.25) is 4.98 Å². The first-order valence-electron chi connectivity index (χ1n) is 6.08. The first-order valence-corrected chi connectivity index (χ1v) is 7.40. The molecular formula is C14H13N3O2S. The molecule has 0 aliphatic rings. The van der Waals surface area contributed by atoms with Gasteiger partial charge in [0, 0.05) is 11.9 Å². The third-order valence-electron chi connectivity index (χ3n) is 2.97. The van der Waals surface area contributed by atoms with E-state index in [4.69, 9.17) is 10.2 Å². The highest BCUT2D eigenvalue weighted by Crippen LogP contribution is 2.21. The Balaban J connectivity index is 1.91. The molecule has 102 valence electrons. The molecular weight excluding hydrogens is 274 g/mol. The number of rotatable bonds is 3. The maximum absolute atomic E-state index is 12.3. The van der Waals surface area contributed by atoms with E-state index in [1.165, 1.54) is 0 Å². The van der Waals surface area contributed by atoms with Gasteiger partial charge in [-0.05, 0) is 36.8 Å². The molecule has 0 bridgehead atoms. The molecule has 0 fully saturated rings. The van der Waals surface area contributed by atoms with E-state index in [9.17, 15) is 4.21 Å². The van der Waals surface area contributed by atoms with Crippen LogP contribution in [-0.2, 0) is 16.6 Å². The number of nitrogens with two attached hydrogens (primary N) is 1. The zero-order valence-electron chi connectivity index (χ0n) is 10.9. The Bertz CT molecular complexity index is 798.